The van der Waals surface area contributed by atoms with Crippen molar-refractivity contribution in [3.8, 4) is 33.9 Å². The number of aromatic nitrogens is 6. The summed E-state index contributed by atoms with van der Waals surface area (Å²) in [5.41, 5.74) is 11.9. The van der Waals surface area contributed by atoms with Crippen LogP contribution in [0.5, 0.6) is 0 Å². The van der Waals surface area contributed by atoms with E-state index >= 15 is 0 Å². The molecule has 6 aromatic carbocycles. The van der Waals surface area contributed by atoms with Crippen LogP contribution in [-0.2, 0) is 0 Å². The summed E-state index contributed by atoms with van der Waals surface area (Å²) in [6.45, 7) is 0. The molecule has 6 nitrogen and oxygen atoms in total. The summed E-state index contributed by atoms with van der Waals surface area (Å²) in [6.07, 6.45) is 1.97. The van der Waals surface area contributed by atoms with Crippen molar-refractivity contribution in [3.05, 3.63) is 158 Å². The number of pyridine rings is 1. The van der Waals surface area contributed by atoms with Gasteiger partial charge in [0.25, 0.3) is 0 Å². The first kappa shape index (κ1) is 28.4. The molecular weight excluding hydrogens is 691 g/mol. The van der Waals surface area contributed by atoms with E-state index in [1.54, 1.807) is 0 Å². The van der Waals surface area contributed by atoms with Crippen LogP contribution in [0.15, 0.2) is 158 Å². The van der Waals surface area contributed by atoms with Crippen molar-refractivity contribution in [2.24, 2.45) is 0 Å². The van der Waals surface area contributed by atoms with E-state index in [4.69, 9.17) is 15.1 Å². The number of fused-ring (bicyclic) bond motifs is 9. The second-order valence-corrected chi connectivity index (χ2v) is 15.0. The Morgan fingerprint density at radius 3 is 1.63 bits per heavy atom. The predicted molar refractivity (Wildman–Crippen MR) is 209 cm³/mol. The monoisotopic (exact) mass is 718 g/mol. The van der Waals surface area contributed by atoms with Crippen LogP contribution in [0.4, 0.5) is 0 Å². The van der Waals surface area contributed by atoms with Crippen molar-refractivity contribution in [2.75, 3.05) is 0 Å². The summed E-state index contributed by atoms with van der Waals surface area (Å²) in [5, 5.41) is 14.2. The van der Waals surface area contributed by atoms with Gasteiger partial charge in [-0.1, -0.05) is 0 Å². The average molecular weight is 718 g/mol. The zero-order valence-corrected chi connectivity index (χ0v) is 28.8. The van der Waals surface area contributed by atoms with Crippen molar-refractivity contribution in [2.45, 2.75) is 0 Å². The van der Waals surface area contributed by atoms with Crippen molar-refractivity contribution < 1.29 is 0 Å². The number of para-hydroxylation sites is 4. The summed E-state index contributed by atoms with van der Waals surface area (Å²) in [7, 11) is 0. The number of nitrogens with zero attached hydrogens (tertiary/aromatic N) is 6. The van der Waals surface area contributed by atoms with E-state index in [1.807, 2.05) is 6.20 Å². The number of benzene rings is 6. The Morgan fingerprint density at radius 2 is 0.980 bits per heavy atom. The molecule has 0 N–H and O–H groups in total. The number of hydrogen-bond acceptors (Lipinski definition) is 4. The zero-order valence-electron chi connectivity index (χ0n) is 27.1. The molecule has 7 heteroatoms. The summed E-state index contributed by atoms with van der Waals surface area (Å²) < 4.78 is 6.82. The fourth-order valence-electron chi connectivity index (χ4n) is 7.59. The summed E-state index contributed by atoms with van der Waals surface area (Å²) in [5.74, 6) is 0.641. The Morgan fingerprint density at radius 1 is 0.431 bits per heavy atom. The normalized spacial score (nSPS) is 11.9. The maximum absolute atomic E-state index is 5.10. The van der Waals surface area contributed by atoms with Crippen LogP contribution >= 0.6 is 0 Å². The molecule has 0 radical (unpaired) electrons. The summed E-state index contributed by atoms with van der Waals surface area (Å²) in [6, 6.07) is 53.8. The van der Waals surface area contributed by atoms with Crippen LogP contribution in [0.25, 0.3) is 97.2 Å². The van der Waals surface area contributed by atoms with E-state index in [9.17, 15) is 0 Å². The zero-order chi connectivity index (χ0) is 33.5. The van der Waals surface area contributed by atoms with Gasteiger partial charge in [0.1, 0.15) is 0 Å². The predicted octanol–water partition coefficient (Wildman–Crippen LogP) is 10.2. The van der Waals surface area contributed by atoms with Crippen LogP contribution in [-0.4, -0.2) is 43.8 Å². The fraction of sp³-hybridized carbons (Fsp3) is 0. The van der Waals surface area contributed by atoms with Crippen molar-refractivity contribution in [1.82, 2.24) is 29.3 Å². The van der Waals surface area contributed by atoms with E-state index in [1.165, 1.54) is 42.4 Å². The van der Waals surface area contributed by atoms with Gasteiger partial charge in [-0.2, -0.15) is 0 Å². The molecule has 0 aliphatic heterocycles. The molecule has 0 saturated carbocycles. The molecule has 0 fully saturated rings. The van der Waals surface area contributed by atoms with Crippen molar-refractivity contribution in [3.63, 3.8) is 0 Å². The van der Waals surface area contributed by atoms with Gasteiger partial charge in [-0.25, -0.2) is 0 Å². The molecule has 0 aliphatic rings. The number of rotatable bonds is 4. The van der Waals surface area contributed by atoms with Gasteiger partial charge in [0, 0.05) is 0 Å². The molecule has 0 unspecified atom stereocenters. The van der Waals surface area contributed by atoms with E-state index in [2.05, 4.69) is 166 Å². The SMILES string of the molecule is c1ccc(-n2c3ccccc3c3cc(-c4cnc5c(c4)[se]c4nc(-c6ccc7c(c6)c6ccccc6n7-c6ccccc6)nnc45)ccc32)cc1. The average Bonchev–Trinajstić information content (AvgIpc) is 3.85. The van der Waals surface area contributed by atoms with E-state index < -0.39 is 0 Å². The van der Waals surface area contributed by atoms with Gasteiger partial charge in [-0.3, -0.25) is 0 Å². The first-order chi connectivity index (χ1) is 25.3. The van der Waals surface area contributed by atoms with Crippen LogP contribution < -0.4 is 0 Å². The molecule has 0 saturated heterocycles. The second kappa shape index (κ2) is 11.1. The van der Waals surface area contributed by atoms with Crippen LogP contribution in [0.1, 0.15) is 0 Å². The van der Waals surface area contributed by atoms with Crippen LogP contribution in [0.3, 0.4) is 0 Å². The third kappa shape index (κ3) is 4.36. The Balaban J connectivity index is 1.01. The van der Waals surface area contributed by atoms with Gasteiger partial charge in [-0.15, -0.1) is 0 Å². The van der Waals surface area contributed by atoms with E-state index in [0.29, 0.717) is 5.82 Å². The summed E-state index contributed by atoms with van der Waals surface area (Å²) in [4.78, 5) is 10.1. The first-order valence-corrected chi connectivity index (χ1v) is 18.6. The second-order valence-electron chi connectivity index (χ2n) is 12.8. The summed E-state index contributed by atoms with van der Waals surface area (Å²) >= 11 is -0.0424. The van der Waals surface area contributed by atoms with E-state index in [0.717, 1.165) is 49.0 Å². The number of hydrogen-bond donors (Lipinski definition) is 0. The molecular formula is C44H26N6Se. The fourth-order valence-corrected chi connectivity index (χ4v) is 9.70. The van der Waals surface area contributed by atoms with Gasteiger partial charge in [0.2, 0.25) is 0 Å². The molecule has 5 heterocycles. The molecule has 238 valence electrons. The van der Waals surface area contributed by atoms with Gasteiger partial charge in [0.15, 0.2) is 0 Å². The molecule has 0 amide bonds. The molecule has 11 aromatic rings. The Bertz CT molecular complexity index is 2930. The van der Waals surface area contributed by atoms with Crippen LogP contribution in [0, 0.1) is 0 Å². The quantitative estimate of drug-likeness (QED) is 0.170. The van der Waals surface area contributed by atoms with Gasteiger partial charge < -0.3 is 0 Å². The Labute approximate surface area is 297 Å². The van der Waals surface area contributed by atoms with Gasteiger partial charge >= 0.3 is 299 Å². The minimum absolute atomic E-state index is 0.0424. The standard InChI is InChI=1S/C44H26N6Se/c1-3-11-30(12-4-1)49-36-17-9-7-15-32(36)34-23-27(19-21-38(34)49)29-25-40-41(45-26-29)42-44(51-40)46-43(48-47-42)28-20-22-39-35(24-28)33-16-8-10-18-37(33)50(39)31-13-5-2-6-14-31/h1-26H. The molecule has 0 spiro atoms. The Hall–Kier alpha value is -6.40. The third-order valence-corrected chi connectivity index (χ3v) is 12.0. The van der Waals surface area contributed by atoms with E-state index in [-0.39, 0.29) is 14.5 Å². The maximum atomic E-state index is 5.10. The van der Waals surface area contributed by atoms with Crippen molar-refractivity contribution >= 4 is 77.8 Å². The van der Waals surface area contributed by atoms with Gasteiger partial charge in [-0.05, 0) is 0 Å². The molecule has 51 heavy (non-hydrogen) atoms. The molecule has 0 atom stereocenters. The Kier molecular flexibility index (Phi) is 6.16. The molecule has 11 rings (SSSR count). The third-order valence-electron chi connectivity index (χ3n) is 9.90. The topological polar surface area (TPSA) is 61.4 Å². The molecule has 0 bridgehead atoms. The minimum atomic E-state index is -0.0424. The molecule has 5 aromatic heterocycles. The first-order valence-electron chi connectivity index (χ1n) is 16.9. The molecule has 0 aliphatic carbocycles. The van der Waals surface area contributed by atoms with Gasteiger partial charge in [0.05, 0.1) is 0 Å². The van der Waals surface area contributed by atoms with Crippen molar-refractivity contribution in [1.29, 1.82) is 0 Å². The van der Waals surface area contributed by atoms with Crippen LogP contribution in [0.2, 0.25) is 0 Å².